The normalized spacial score (nSPS) is 14.4. The van der Waals surface area contributed by atoms with E-state index in [0.717, 1.165) is 16.0 Å². The third kappa shape index (κ3) is 6.52. The molecule has 5 aromatic rings. The first-order valence-electron chi connectivity index (χ1n) is 14.9. The van der Waals surface area contributed by atoms with Crippen molar-refractivity contribution >= 4 is 40.8 Å². The van der Waals surface area contributed by atoms with Crippen LogP contribution in [-0.4, -0.2) is 30.5 Å². The van der Waals surface area contributed by atoms with Crippen LogP contribution in [0.1, 0.15) is 35.2 Å². The largest absolute Gasteiger partial charge is 0.493 e. The van der Waals surface area contributed by atoms with Crippen molar-refractivity contribution in [3.05, 3.63) is 150 Å². The second kappa shape index (κ2) is 14.2. The zero-order chi connectivity index (χ0) is 32.9. The van der Waals surface area contributed by atoms with Crippen molar-refractivity contribution in [2.45, 2.75) is 24.5 Å². The minimum Gasteiger partial charge on any atom is -0.493 e. The number of halogens is 1. The second-order valence-corrected chi connectivity index (χ2v) is 12.4. The number of thiazole rings is 1. The molecule has 47 heavy (non-hydrogen) atoms. The lowest BCUT2D eigenvalue weighted by Crippen LogP contribution is -2.40. The van der Waals surface area contributed by atoms with Crippen LogP contribution in [0.3, 0.4) is 0 Å². The number of carbonyl (C=O) groups excluding carboxylic acids is 1. The van der Waals surface area contributed by atoms with E-state index in [1.807, 2.05) is 60.9 Å². The molecular formula is C37H31FN2O5S2. The van der Waals surface area contributed by atoms with Crippen molar-refractivity contribution < 1.29 is 23.4 Å². The van der Waals surface area contributed by atoms with Crippen molar-refractivity contribution in [3.63, 3.8) is 0 Å². The first-order chi connectivity index (χ1) is 22.9. The van der Waals surface area contributed by atoms with Gasteiger partial charge in [-0.1, -0.05) is 84.1 Å². The highest BCUT2D eigenvalue weighted by Crippen LogP contribution is 2.36. The number of carbonyl (C=O) groups is 1. The Balaban J connectivity index is 1.55. The lowest BCUT2D eigenvalue weighted by Gasteiger charge is -2.26. The third-order valence-corrected chi connectivity index (χ3v) is 9.38. The Labute approximate surface area is 279 Å². The van der Waals surface area contributed by atoms with Gasteiger partial charge in [-0.3, -0.25) is 9.36 Å². The summed E-state index contributed by atoms with van der Waals surface area (Å²) < 4.78 is 33.6. The molecule has 1 aromatic heterocycles. The minimum atomic E-state index is -0.791. The van der Waals surface area contributed by atoms with E-state index in [9.17, 15) is 14.0 Å². The highest BCUT2D eigenvalue weighted by Gasteiger charge is 2.35. The van der Waals surface area contributed by atoms with Gasteiger partial charge in [0.15, 0.2) is 16.3 Å². The van der Waals surface area contributed by atoms with E-state index in [2.05, 4.69) is 0 Å². The first-order valence-corrected chi connectivity index (χ1v) is 16.9. The number of methoxy groups -OCH3 is 1. The Morgan fingerprint density at radius 2 is 1.74 bits per heavy atom. The predicted molar refractivity (Wildman–Crippen MR) is 183 cm³/mol. The van der Waals surface area contributed by atoms with E-state index in [0.29, 0.717) is 37.7 Å². The molecule has 10 heteroatoms. The van der Waals surface area contributed by atoms with Gasteiger partial charge >= 0.3 is 5.97 Å². The van der Waals surface area contributed by atoms with Crippen molar-refractivity contribution in [2.24, 2.45) is 4.99 Å². The molecule has 2 heterocycles. The number of hydrogen-bond acceptors (Lipinski definition) is 8. The van der Waals surface area contributed by atoms with Gasteiger partial charge in [0.2, 0.25) is 0 Å². The number of para-hydroxylation sites is 1. The molecule has 0 spiro atoms. The summed E-state index contributed by atoms with van der Waals surface area (Å²) in [6.07, 6.45) is 3.70. The molecule has 1 aliphatic heterocycles. The number of ether oxygens (including phenoxy) is 3. The number of aromatic nitrogens is 1. The summed E-state index contributed by atoms with van der Waals surface area (Å²) in [5, 5.41) is 0. The fourth-order valence-electron chi connectivity index (χ4n) is 5.41. The van der Waals surface area contributed by atoms with Crippen LogP contribution in [0, 0.1) is 5.82 Å². The van der Waals surface area contributed by atoms with Crippen LogP contribution in [0.5, 0.6) is 11.5 Å². The van der Waals surface area contributed by atoms with Gasteiger partial charge in [-0.2, -0.15) is 0 Å². The molecule has 0 saturated heterocycles. The molecule has 6 rings (SSSR count). The number of nitrogens with zero attached hydrogens (tertiary/aromatic N) is 2. The number of esters is 1. The minimum absolute atomic E-state index is 0.0372. The summed E-state index contributed by atoms with van der Waals surface area (Å²) in [5.41, 5.74) is 2.84. The lowest BCUT2D eigenvalue weighted by atomic mass is 9.93. The maximum Gasteiger partial charge on any atom is 0.338 e. The van der Waals surface area contributed by atoms with Gasteiger partial charge in [-0.05, 0) is 49.1 Å². The average molecular weight is 667 g/mol. The maximum atomic E-state index is 14.4. The monoisotopic (exact) mass is 666 g/mol. The summed E-state index contributed by atoms with van der Waals surface area (Å²) in [6.45, 7) is 1.88. The quantitative estimate of drug-likeness (QED) is 0.127. The van der Waals surface area contributed by atoms with E-state index in [1.54, 1.807) is 65.7 Å². The second-order valence-electron chi connectivity index (χ2n) is 10.5. The van der Waals surface area contributed by atoms with Gasteiger partial charge in [0, 0.05) is 21.6 Å². The van der Waals surface area contributed by atoms with E-state index >= 15 is 0 Å². The van der Waals surface area contributed by atoms with Crippen LogP contribution in [0.25, 0.3) is 11.8 Å². The molecule has 0 amide bonds. The lowest BCUT2D eigenvalue weighted by molar-refractivity contribution is -0.138. The van der Waals surface area contributed by atoms with Crippen LogP contribution in [0.2, 0.25) is 0 Å². The van der Waals surface area contributed by atoms with Crippen molar-refractivity contribution in [3.8, 4) is 11.5 Å². The average Bonchev–Trinajstić information content (AvgIpc) is 3.41. The van der Waals surface area contributed by atoms with Crippen LogP contribution >= 0.6 is 23.1 Å². The Morgan fingerprint density at radius 3 is 2.45 bits per heavy atom. The van der Waals surface area contributed by atoms with Crippen molar-refractivity contribution in [2.75, 3.05) is 20.0 Å². The molecule has 0 aliphatic carbocycles. The molecule has 0 unspecified atom stereocenters. The fourth-order valence-corrected chi connectivity index (χ4v) is 6.81. The number of hydrogen-bond donors (Lipinski definition) is 0. The Bertz CT molecular complexity index is 2140. The van der Waals surface area contributed by atoms with Gasteiger partial charge in [-0.25, -0.2) is 14.2 Å². The summed E-state index contributed by atoms with van der Waals surface area (Å²) in [5.74, 6) is -0.120. The van der Waals surface area contributed by atoms with Crippen molar-refractivity contribution in [1.82, 2.24) is 4.57 Å². The van der Waals surface area contributed by atoms with Crippen LogP contribution in [-0.2, 0) is 16.1 Å². The smallest absolute Gasteiger partial charge is 0.338 e. The Hall–Kier alpha value is -4.93. The Morgan fingerprint density at radius 1 is 1.00 bits per heavy atom. The Kier molecular flexibility index (Phi) is 9.70. The van der Waals surface area contributed by atoms with E-state index in [-0.39, 0.29) is 30.2 Å². The fraction of sp³-hybridized carbons (Fsp3) is 0.162. The van der Waals surface area contributed by atoms with E-state index in [1.165, 1.54) is 24.5 Å². The highest BCUT2D eigenvalue weighted by molar-refractivity contribution is 7.98. The number of fused-ring (bicyclic) bond motifs is 1. The summed E-state index contributed by atoms with van der Waals surface area (Å²) in [6, 6.07) is 28.1. The third-order valence-electron chi connectivity index (χ3n) is 7.65. The van der Waals surface area contributed by atoms with Gasteiger partial charge in [0.05, 0.1) is 35.6 Å². The standard InChI is InChI=1S/C37H31FN2O5S2/c1-4-44-36(42)31-32(23-11-6-5-7-12-23)39-37-40(33(31)24-17-19-27(46-3)20-18-24)35(41)30(47-37)21-25-14-10-16-29(43-2)34(25)45-22-26-13-8-9-15-28(26)38/h5-21,33H,4,22H2,1-3H3/b30-21-/t33-/m1/s1. The summed E-state index contributed by atoms with van der Waals surface area (Å²) in [7, 11) is 1.52. The number of thioether (sulfide) groups is 1. The molecule has 0 saturated carbocycles. The SMILES string of the molecule is CCOC(=O)C1=C(c2ccccc2)N=c2s/c(=C\c3cccc(OC)c3OCc3ccccc3F)c(=O)n2[C@@H]1c1ccc(SC)cc1. The van der Waals surface area contributed by atoms with E-state index in [4.69, 9.17) is 19.2 Å². The van der Waals surface area contributed by atoms with Crippen LogP contribution in [0.4, 0.5) is 4.39 Å². The van der Waals surface area contributed by atoms with Gasteiger partial charge < -0.3 is 14.2 Å². The molecule has 0 radical (unpaired) electrons. The first kappa shape index (κ1) is 32.0. The molecular weight excluding hydrogens is 636 g/mol. The molecule has 0 N–H and O–H groups in total. The molecule has 0 fully saturated rings. The number of benzene rings is 4. The molecule has 1 aliphatic rings. The van der Waals surface area contributed by atoms with Crippen molar-refractivity contribution in [1.29, 1.82) is 0 Å². The zero-order valence-electron chi connectivity index (χ0n) is 25.9. The van der Waals surface area contributed by atoms with Gasteiger partial charge in [-0.15, -0.1) is 11.8 Å². The van der Waals surface area contributed by atoms with E-state index < -0.39 is 12.0 Å². The molecule has 0 bridgehead atoms. The zero-order valence-corrected chi connectivity index (χ0v) is 27.6. The highest BCUT2D eigenvalue weighted by atomic mass is 32.2. The molecule has 7 nitrogen and oxygen atoms in total. The summed E-state index contributed by atoms with van der Waals surface area (Å²) >= 11 is 2.81. The molecule has 238 valence electrons. The van der Waals surface area contributed by atoms with Gasteiger partial charge in [0.1, 0.15) is 12.4 Å². The summed E-state index contributed by atoms with van der Waals surface area (Å²) in [4.78, 5) is 34.5. The maximum absolute atomic E-state index is 14.4. The van der Waals surface area contributed by atoms with Gasteiger partial charge in [0.25, 0.3) is 5.56 Å². The predicted octanol–water partition coefficient (Wildman–Crippen LogP) is 6.38. The van der Waals surface area contributed by atoms with Crippen LogP contribution < -0.4 is 24.4 Å². The van der Waals surface area contributed by atoms with Crippen LogP contribution in [0.15, 0.2) is 117 Å². The topological polar surface area (TPSA) is 79.1 Å². The molecule has 1 atom stereocenters. The number of rotatable bonds is 10. The molecule has 4 aromatic carbocycles.